The number of carbonyl (C=O) groups excluding carboxylic acids is 1. The standard InChI is InChI=1S/C18H35NO.C2H6/c1-3-4-5-6-7-8-9-10-11-12-13-17(2)14-15-18(19)16-20;1-2/h17H,3-15,19H2,1-2H3;1-2H3. The SMILES string of the molecule is CC.CCCCCCCCCCCCC(C)CCC(N)=C=O. The van der Waals surface area contributed by atoms with Crippen LogP contribution in [-0.4, -0.2) is 5.94 Å². The zero-order valence-electron chi connectivity index (χ0n) is 15.8. The first kappa shape index (κ1) is 23.5. The van der Waals surface area contributed by atoms with Crippen LogP contribution in [0, 0.1) is 5.92 Å². The van der Waals surface area contributed by atoms with Gasteiger partial charge in [-0.05, 0) is 18.8 Å². The average Bonchev–Trinajstić information content (AvgIpc) is 2.56. The molecule has 0 amide bonds. The van der Waals surface area contributed by atoms with E-state index in [2.05, 4.69) is 13.8 Å². The Bertz CT molecular complexity index is 256. The third-order valence-corrected chi connectivity index (χ3v) is 4.09. The van der Waals surface area contributed by atoms with E-state index < -0.39 is 0 Å². The van der Waals surface area contributed by atoms with E-state index in [1.807, 2.05) is 13.8 Å². The molecule has 1 atom stereocenters. The third-order valence-electron chi connectivity index (χ3n) is 4.09. The minimum Gasteiger partial charge on any atom is -0.393 e. The van der Waals surface area contributed by atoms with Crippen LogP contribution in [0.25, 0.3) is 0 Å². The maximum absolute atomic E-state index is 10.3. The predicted molar refractivity (Wildman–Crippen MR) is 99.6 cm³/mol. The monoisotopic (exact) mass is 311 g/mol. The van der Waals surface area contributed by atoms with Gasteiger partial charge >= 0.3 is 0 Å². The van der Waals surface area contributed by atoms with Crippen LogP contribution in [-0.2, 0) is 4.79 Å². The quantitative estimate of drug-likeness (QED) is 0.297. The molecular formula is C20H41NO. The maximum Gasteiger partial charge on any atom is 0.145 e. The van der Waals surface area contributed by atoms with Crippen molar-refractivity contribution < 1.29 is 4.79 Å². The highest BCUT2D eigenvalue weighted by atomic mass is 16.1. The second-order valence-electron chi connectivity index (χ2n) is 6.24. The van der Waals surface area contributed by atoms with Crippen LogP contribution in [0.4, 0.5) is 0 Å². The first-order chi connectivity index (χ1) is 10.7. The van der Waals surface area contributed by atoms with E-state index in [-0.39, 0.29) is 0 Å². The van der Waals surface area contributed by atoms with Crippen molar-refractivity contribution in [1.82, 2.24) is 0 Å². The molecule has 0 radical (unpaired) electrons. The molecular weight excluding hydrogens is 270 g/mol. The van der Waals surface area contributed by atoms with Crippen molar-refractivity contribution >= 4 is 5.94 Å². The zero-order chi connectivity index (χ0) is 17.1. The Labute approximate surface area is 139 Å². The van der Waals surface area contributed by atoms with Crippen LogP contribution in [0.5, 0.6) is 0 Å². The van der Waals surface area contributed by atoms with Crippen molar-refractivity contribution in [2.24, 2.45) is 11.7 Å². The summed E-state index contributed by atoms with van der Waals surface area (Å²) < 4.78 is 0. The minimum absolute atomic E-state index is 0.375. The van der Waals surface area contributed by atoms with E-state index in [0.717, 1.165) is 6.42 Å². The molecule has 22 heavy (non-hydrogen) atoms. The molecule has 0 saturated carbocycles. The van der Waals surface area contributed by atoms with Crippen LogP contribution in [0.2, 0.25) is 0 Å². The van der Waals surface area contributed by atoms with Crippen LogP contribution in [0.3, 0.4) is 0 Å². The van der Waals surface area contributed by atoms with Gasteiger partial charge in [0.25, 0.3) is 0 Å². The van der Waals surface area contributed by atoms with Gasteiger partial charge < -0.3 is 5.73 Å². The lowest BCUT2D eigenvalue weighted by atomic mass is 9.97. The van der Waals surface area contributed by atoms with Gasteiger partial charge in [-0.15, -0.1) is 0 Å². The largest absolute Gasteiger partial charge is 0.393 e. The van der Waals surface area contributed by atoms with Crippen molar-refractivity contribution in [3.8, 4) is 0 Å². The van der Waals surface area contributed by atoms with Crippen molar-refractivity contribution in [3.63, 3.8) is 0 Å². The second kappa shape index (κ2) is 20.2. The predicted octanol–water partition coefficient (Wildman–Crippen LogP) is 6.41. The summed E-state index contributed by atoms with van der Waals surface area (Å²) in [4.78, 5) is 10.3. The molecule has 0 bridgehead atoms. The van der Waals surface area contributed by atoms with Gasteiger partial charge in [0.2, 0.25) is 0 Å². The fraction of sp³-hybridized carbons (Fsp3) is 0.900. The highest BCUT2D eigenvalue weighted by molar-refractivity contribution is 5.50. The van der Waals surface area contributed by atoms with Crippen molar-refractivity contribution in [1.29, 1.82) is 0 Å². The molecule has 0 rings (SSSR count). The average molecular weight is 312 g/mol. The van der Waals surface area contributed by atoms with Crippen molar-refractivity contribution in [2.75, 3.05) is 0 Å². The number of unbranched alkanes of at least 4 members (excludes halogenated alkanes) is 9. The van der Waals surface area contributed by atoms with E-state index >= 15 is 0 Å². The van der Waals surface area contributed by atoms with E-state index in [4.69, 9.17) is 5.73 Å². The van der Waals surface area contributed by atoms with E-state index in [1.165, 1.54) is 70.6 Å². The van der Waals surface area contributed by atoms with Crippen LogP contribution in [0.15, 0.2) is 5.70 Å². The molecule has 0 aliphatic heterocycles. The lowest BCUT2D eigenvalue weighted by molar-refractivity contribution is 0.453. The van der Waals surface area contributed by atoms with Crippen molar-refractivity contribution in [3.05, 3.63) is 5.70 Å². The summed E-state index contributed by atoms with van der Waals surface area (Å²) in [5, 5.41) is 0. The third kappa shape index (κ3) is 19.2. The van der Waals surface area contributed by atoms with Gasteiger partial charge in [0.15, 0.2) is 0 Å². The van der Waals surface area contributed by atoms with E-state index in [1.54, 1.807) is 5.94 Å². The Balaban J connectivity index is 0. The molecule has 2 heteroatoms. The minimum atomic E-state index is 0.375. The van der Waals surface area contributed by atoms with E-state index in [0.29, 0.717) is 18.0 Å². The molecule has 0 heterocycles. The smallest absolute Gasteiger partial charge is 0.145 e. The van der Waals surface area contributed by atoms with Gasteiger partial charge in [-0.2, -0.15) is 0 Å². The summed E-state index contributed by atoms with van der Waals surface area (Å²) >= 11 is 0. The molecule has 0 aliphatic rings. The summed E-state index contributed by atoms with van der Waals surface area (Å²) in [7, 11) is 0. The molecule has 0 fully saturated rings. The van der Waals surface area contributed by atoms with Gasteiger partial charge in [0.05, 0.1) is 5.70 Å². The van der Waals surface area contributed by atoms with Gasteiger partial charge in [-0.1, -0.05) is 98.3 Å². The first-order valence-corrected chi connectivity index (χ1v) is 9.70. The fourth-order valence-corrected chi connectivity index (χ4v) is 2.58. The number of allylic oxidation sites excluding steroid dienone is 1. The molecule has 1 unspecified atom stereocenters. The highest BCUT2D eigenvalue weighted by Crippen LogP contribution is 2.17. The van der Waals surface area contributed by atoms with E-state index in [9.17, 15) is 4.79 Å². The molecule has 0 aromatic heterocycles. The Morgan fingerprint density at radius 1 is 0.864 bits per heavy atom. The zero-order valence-corrected chi connectivity index (χ0v) is 15.8. The lowest BCUT2D eigenvalue weighted by Gasteiger charge is -2.10. The van der Waals surface area contributed by atoms with Crippen LogP contribution < -0.4 is 5.73 Å². The molecule has 0 spiro atoms. The molecule has 2 N–H and O–H groups in total. The Morgan fingerprint density at radius 3 is 1.77 bits per heavy atom. The maximum atomic E-state index is 10.3. The Morgan fingerprint density at radius 2 is 1.32 bits per heavy atom. The molecule has 132 valence electrons. The summed E-state index contributed by atoms with van der Waals surface area (Å²) in [5.74, 6) is 2.45. The summed E-state index contributed by atoms with van der Waals surface area (Å²) in [6.45, 7) is 8.52. The molecule has 0 aromatic carbocycles. The van der Waals surface area contributed by atoms with Crippen LogP contribution >= 0.6 is 0 Å². The van der Waals surface area contributed by atoms with Gasteiger partial charge in [0, 0.05) is 0 Å². The molecule has 0 aromatic rings. The van der Waals surface area contributed by atoms with Gasteiger partial charge in [-0.3, -0.25) is 0 Å². The molecule has 0 saturated heterocycles. The van der Waals surface area contributed by atoms with Crippen LogP contribution in [0.1, 0.15) is 111 Å². The van der Waals surface area contributed by atoms with Gasteiger partial charge in [0.1, 0.15) is 5.94 Å². The molecule has 0 aliphatic carbocycles. The normalized spacial score (nSPS) is 11.3. The number of hydrogen-bond acceptors (Lipinski definition) is 2. The summed E-state index contributed by atoms with van der Waals surface area (Å²) in [6.07, 6.45) is 16.9. The highest BCUT2D eigenvalue weighted by Gasteiger charge is 2.03. The lowest BCUT2D eigenvalue weighted by Crippen LogP contribution is -2.02. The molecule has 2 nitrogen and oxygen atoms in total. The topological polar surface area (TPSA) is 43.1 Å². The fourth-order valence-electron chi connectivity index (χ4n) is 2.58. The number of hydrogen-bond donors (Lipinski definition) is 1. The van der Waals surface area contributed by atoms with Gasteiger partial charge in [-0.25, -0.2) is 4.79 Å². The van der Waals surface area contributed by atoms with Crippen molar-refractivity contribution in [2.45, 2.75) is 111 Å². The summed E-state index contributed by atoms with van der Waals surface area (Å²) in [5.41, 5.74) is 5.84. The Kier molecular flexibility index (Phi) is 21.6. The summed E-state index contributed by atoms with van der Waals surface area (Å²) in [6, 6.07) is 0. The number of rotatable bonds is 14. The second-order valence-corrected chi connectivity index (χ2v) is 6.24. The first-order valence-electron chi connectivity index (χ1n) is 9.70. The number of nitrogens with two attached hydrogens (primary N) is 1. The Hall–Kier alpha value is -0.750.